The zero-order chi connectivity index (χ0) is 13.0. The Balaban J connectivity index is 2.41. The SMILES string of the molecule is CCCn1ncc(Br)c1C(NN)c1cnccn1. The summed E-state index contributed by atoms with van der Waals surface area (Å²) in [6.45, 7) is 2.94. The number of hydrogen-bond donors (Lipinski definition) is 2. The van der Waals surface area contributed by atoms with Crippen molar-refractivity contribution in [2.24, 2.45) is 5.84 Å². The average Bonchev–Trinajstić information content (AvgIpc) is 2.75. The van der Waals surface area contributed by atoms with Crippen molar-refractivity contribution in [3.63, 3.8) is 0 Å². The molecule has 6 nitrogen and oxygen atoms in total. The Morgan fingerprint density at radius 1 is 1.44 bits per heavy atom. The Bertz CT molecular complexity index is 497. The maximum Gasteiger partial charge on any atom is 0.108 e. The van der Waals surface area contributed by atoms with Gasteiger partial charge in [-0.2, -0.15) is 5.10 Å². The molecule has 0 aliphatic rings. The number of hydrogen-bond acceptors (Lipinski definition) is 5. The van der Waals surface area contributed by atoms with Gasteiger partial charge in [-0.25, -0.2) is 5.43 Å². The molecule has 2 rings (SSSR count). The lowest BCUT2D eigenvalue weighted by Gasteiger charge is -2.17. The molecule has 0 saturated carbocycles. The van der Waals surface area contributed by atoms with Crippen LogP contribution in [0.1, 0.15) is 30.8 Å². The molecule has 0 radical (unpaired) electrons. The molecule has 0 aliphatic carbocycles. The minimum absolute atomic E-state index is 0.234. The van der Waals surface area contributed by atoms with Crippen LogP contribution in [0.2, 0.25) is 0 Å². The van der Waals surface area contributed by atoms with E-state index in [-0.39, 0.29) is 6.04 Å². The number of nitrogens with two attached hydrogens (primary N) is 1. The van der Waals surface area contributed by atoms with Gasteiger partial charge in [0.2, 0.25) is 0 Å². The largest absolute Gasteiger partial charge is 0.270 e. The van der Waals surface area contributed by atoms with Crippen LogP contribution in [0, 0.1) is 0 Å². The van der Waals surface area contributed by atoms with Gasteiger partial charge in [-0.15, -0.1) is 0 Å². The predicted octanol–water partition coefficient (Wildman–Crippen LogP) is 1.40. The van der Waals surface area contributed by atoms with Crippen LogP contribution in [0.5, 0.6) is 0 Å². The second-order valence-corrected chi connectivity index (χ2v) is 4.69. The second-order valence-electron chi connectivity index (χ2n) is 3.83. The van der Waals surface area contributed by atoms with Crippen molar-refractivity contribution in [2.45, 2.75) is 25.9 Å². The number of halogens is 1. The van der Waals surface area contributed by atoms with Crippen molar-refractivity contribution in [1.29, 1.82) is 0 Å². The molecular weight excluding hydrogens is 296 g/mol. The number of aromatic nitrogens is 4. The van der Waals surface area contributed by atoms with Gasteiger partial charge >= 0.3 is 0 Å². The van der Waals surface area contributed by atoms with Gasteiger partial charge < -0.3 is 0 Å². The lowest BCUT2D eigenvalue weighted by atomic mass is 10.1. The first-order chi connectivity index (χ1) is 8.77. The molecule has 0 fully saturated rings. The number of nitrogens with zero attached hydrogens (tertiary/aromatic N) is 4. The van der Waals surface area contributed by atoms with Gasteiger partial charge in [-0.1, -0.05) is 6.92 Å². The fourth-order valence-electron chi connectivity index (χ4n) is 1.81. The first-order valence-electron chi connectivity index (χ1n) is 5.71. The van der Waals surface area contributed by atoms with E-state index in [1.54, 1.807) is 24.8 Å². The summed E-state index contributed by atoms with van der Waals surface area (Å²) < 4.78 is 2.83. The smallest absolute Gasteiger partial charge is 0.108 e. The summed E-state index contributed by atoms with van der Waals surface area (Å²) >= 11 is 3.50. The van der Waals surface area contributed by atoms with E-state index in [0.717, 1.165) is 28.8 Å². The van der Waals surface area contributed by atoms with Gasteiger partial charge in [-0.05, 0) is 22.4 Å². The highest BCUT2D eigenvalue weighted by Crippen LogP contribution is 2.26. The van der Waals surface area contributed by atoms with Crippen molar-refractivity contribution in [2.75, 3.05) is 0 Å². The molecule has 7 heteroatoms. The van der Waals surface area contributed by atoms with Gasteiger partial charge in [0, 0.05) is 18.9 Å². The predicted molar refractivity (Wildman–Crippen MR) is 71.4 cm³/mol. The number of nitrogens with one attached hydrogen (secondary N) is 1. The topological polar surface area (TPSA) is 81.7 Å². The first-order valence-corrected chi connectivity index (χ1v) is 6.50. The van der Waals surface area contributed by atoms with E-state index in [9.17, 15) is 0 Å². The molecule has 0 spiro atoms. The molecule has 1 unspecified atom stereocenters. The third-order valence-electron chi connectivity index (χ3n) is 2.59. The maximum atomic E-state index is 5.65. The summed E-state index contributed by atoms with van der Waals surface area (Å²) in [6, 6.07) is -0.234. The summed E-state index contributed by atoms with van der Waals surface area (Å²) in [5, 5.41) is 4.33. The number of rotatable bonds is 5. The molecule has 0 aliphatic heterocycles. The van der Waals surface area contributed by atoms with Crippen molar-refractivity contribution in [1.82, 2.24) is 25.2 Å². The van der Waals surface area contributed by atoms with Crippen LogP contribution in [0.3, 0.4) is 0 Å². The highest BCUT2D eigenvalue weighted by molar-refractivity contribution is 9.10. The molecule has 2 aromatic heterocycles. The summed E-state index contributed by atoms with van der Waals surface area (Å²) in [5.74, 6) is 5.65. The van der Waals surface area contributed by atoms with Crippen LogP contribution in [-0.4, -0.2) is 19.7 Å². The quantitative estimate of drug-likeness (QED) is 0.644. The number of aryl methyl sites for hydroxylation is 1. The van der Waals surface area contributed by atoms with Crippen LogP contribution in [-0.2, 0) is 6.54 Å². The summed E-state index contributed by atoms with van der Waals surface area (Å²) in [5.41, 5.74) is 4.49. The van der Waals surface area contributed by atoms with Crippen LogP contribution in [0.25, 0.3) is 0 Å². The van der Waals surface area contributed by atoms with Crippen molar-refractivity contribution < 1.29 is 0 Å². The fourth-order valence-corrected chi connectivity index (χ4v) is 2.34. The van der Waals surface area contributed by atoms with E-state index in [0.29, 0.717) is 0 Å². The molecule has 1 atom stereocenters. The molecule has 18 heavy (non-hydrogen) atoms. The van der Waals surface area contributed by atoms with E-state index >= 15 is 0 Å². The fraction of sp³-hybridized carbons (Fsp3) is 0.364. The average molecular weight is 311 g/mol. The molecule has 3 N–H and O–H groups in total. The second kappa shape index (κ2) is 6.03. The van der Waals surface area contributed by atoms with Gasteiger partial charge in [0.15, 0.2) is 0 Å². The van der Waals surface area contributed by atoms with E-state index in [2.05, 4.69) is 43.3 Å². The lowest BCUT2D eigenvalue weighted by Crippen LogP contribution is -2.31. The van der Waals surface area contributed by atoms with E-state index in [4.69, 9.17) is 5.84 Å². The molecule has 0 aromatic carbocycles. The third kappa shape index (κ3) is 2.58. The molecule has 2 heterocycles. The van der Waals surface area contributed by atoms with E-state index < -0.39 is 0 Å². The number of hydrazine groups is 1. The Morgan fingerprint density at radius 3 is 2.89 bits per heavy atom. The Labute approximate surface area is 114 Å². The zero-order valence-corrected chi connectivity index (χ0v) is 11.6. The lowest BCUT2D eigenvalue weighted by molar-refractivity contribution is 0.512. The van der Waals surface area contributed by atoms with Crippen molar-refractivity contribution in [3.8, 4) is 0 Å². The standard InChI is InChI=1S/C11H15BrN6/c1-2-5-18-11(8(12)6-16-18)10(17-13)9-7-14-3-4-15-9/h3-4,6-7,10,17H,2,5,13H2,1H3. The molecule has 96 valence electrons. The highest BCUT2D eigenvalue weighted by Gasteiger charge is 2.21. The molecule has 0 saturated heterocycles. The zero-order valence-electron chi connectivity index (χ0n) is 10.0. The molecule has 0 amide bonds. The summed E-state index contributed by atoms with van der Waals surface area (Å²) in [6.07, 6.45) is 7.74. The van der Waals surface area contributed by atoms with E-state index in [1.807, 2.05) is 4.68 Å². The first kappa shape index (κ1) is 13.1. The Morgan fingerprint density at radius 2 is 2.28 bits per heavy atom. The minimum Gasteiger partial charge on any atom is -0.270 e. The van der Waals surface area contributed by atoms with Crippen LogP contribution < -0.4 is 11.3 Å². The minimum atomic E-state index is -0.234. The summed E-state index contributed by atoms with van der Waals surface area (Å²) in [7, 11) is 0. The Kier molecular flexibility index (Phi) is 4.40. The van der Waals surface area contributed by atoms with Gasteiger partial charge in [0.1, 0.15) is 6.04 Å². The van der Waals surface area contributed by atoms with Gasteiger partial charge in [0.05, 0.1) is 28.3 Å². The van der Waals surface area contributed by atoms with Crippen LogP contribution >= 0.6 is 15.9 Å². The monoisotopic (exact) mass is 310 g/mol. The normalized spacial score (nSPS) is 12.6. The third-order valence-corrected chi connectivity index (χ3v) is 3.20. The molecule has 2 aromatic rings. The highest BCUT2D eigenvalue weighted by atomic mass is 79.9. The molecule has 0 bridgehead atoms. The van der Waals surface area contributed by atoms with Crippen molar-refractivity contribution in [3.05, 3.63) is 40.6 Å². The van der Waals surface area contributed by atoms with Crippen LogP contribution in [0.4, 0.5) is 0 Å². The summed E-state index contributed by atoms with van der Waals surface area (Å²) in [4.78, 5) is 8.35. The van der Waals surface area contributed by atoms with Crippen LogP contribution in [0.15, 0.2) is 29.3 Å². The Hall–Kier alpha value is -1.31. The van der Waals surface area contributed by atoms with E-state index in [1.165, 1.54) is 0 Å². The maximum absolute atomic E-state index is 5.65. The van der Waals surface area contributed by atoms with Crippen molar-refractivity contribution >= 4 is 15.9 Å². The van der Waals surface area contributed by atoms with Gasteiger partial charge in [-0.3, -0.25) is 20.5 Å². The van der Waals surface area contributed by atoms with Gasteiger partial charge in [0.25, 0.3) is 0 Å². The molecular formula is C11H15BrN6.